The second-order valence-corrected chi connectivity index (χ2v) is 5.53. The Bertz CT molecular complexity index is 613. The summed E-state index contributed by atoms with van der Waals surface area (Å²) in [6, 6.07) is 6.19. The SMILES string of the molecule is O=C(COC(=O)[C@H]1CC=CCC1)NNC(=O)c1ccc(Cl)cc1. The van der Waals surface area contributed by atoms with Crippen LogP contribution in [0.5, 0.6) is 0 Å². The minimum Gasteiger partial charge on any atom is -0.455 e. The largest absolute Gasteiger partial charge is 0.455 e. The molecule has 0 saturated heterocycles. The number of hydrazine groups is 1. The molecule has 6 nitrogen and oxygen atoms in total. The van der Waals surface area contributed by atoms with E-state index in [-0.39, 0.29) is 5.92 Å². The molecule has 0 aromatic heterocycles. The first-order valence-corrected chi connectivity index (χ1v) is 7.60. The number of esters is 1. The number of carbonyl (C=O) groups excluding carboxylic acids is 3. The number of hydrogen-bond acceptors (Lipinski definition) is 4. The van der Waals surface area contributed by atoms with Crippen molar-refractivity contribution in [3.05, 3.63) is 47.0 Å². The van der Waals surface area contributed by atoms with Gasteiger partial charge >= 0.3 is 5.97 Å². The molecule has 0 bridgehead atoms. The smallest absolute Gasteiger partial charge is 0.309 e. The van der Waals surface area contributed by atoms with Gasteiger partial charge < -0.3 is 4.74 Å². The Kier molecular flexibility index (Phi) is 6.17. The van der Waals surface area contributed by atoms with E-state index in [1.54, 1.807) is 12.1 Å². The van der Waals surface area contributed by atoms with Gasteiger partial charge in [0.2, 0.25) is 0 Å². The molecule has 1 atom stereocenters. The predicted molar refractivity (Wildman–Crippen MR) is 84.5 cm³/mol. The number of ether oxygens (including phenoxy) is 1. The molecule has 0 unspecified atom stereocenters. The molecular weight excluding hydrogens is 320 g/mol. The zero-order valence-electron chi connectivity index (χ0n) is 12.4. The Morgan fingerprint density at radius 2 is 1.87 bits per heavy atom. The van der Waals surface area contributed by atoms with Crippen molar-refractivity contribution in [3.63, 3.8) is 0 Å². The van der Waals surface area contributed by atoms with Crippen molar-refractivity contribution in [2.45, 2.75) is 19.3 Å². The Hall–Kier alpha value is -2.34. The Balaban J connectivity index is 1.70. The number of halogens is 1. The number of amides is 2. The summed E-state index contributed by atoms with van der Waals surface area (Å²) in [6.45, 7) is -0.431. The molecule has 2 rings (SSSR count). The number of carbonyl (C=O) groups is 3. The third-order valence-electron chi connectivity index (χ3n) is 3.37. The third kappa shape index (κ3) is 5.41. The molecular formula is C16H17ClN2O4. The summed E-state index contributed by atoms with van der Waals surface area (Å²) in [4.78, 5) is 35.1. The monoisotopic (exact) mass is 336 g/mol. The fourth-order valence-corrected chi connectivity index (χ4v) is 2.22. The topological polar surface area (TPSA) is 84.5 Å². The molecule has 7 heteroatoms. The van der Waals surface area contributed by atoms with Crippen LogP contribution in [0.2, 0.25) is 5.02 Å². The van der Waals surface area contributed by atoms with Crippen molar-refractivity contribution >= 4 is 29.4 Å². The van der Waals surface area contributed by atoms with Crippen LogP contribution in [0, 0.1) is 5.92 Å². The van der Waals surface area contributed by atoms with Crippen LogP contribution in [0.3, 0.4) is 0 Å². The van der Waals surface area contributed by atoms with Gasteiger partial charge in [-0.15, -0.1) is 0 Å². The normalized spacial score (nSPS) is 16.5. The molecule has 1 aliphatic rings. The Morgan fingerprint density at radius 1 is 1.13 bits per heavy atom. The highest BCUT2D eigenvalue weighted by Crippen LogP contribution is 2.19. The first-order chi connectivity index (χ1) is 11.1. The van der Waals surface area contributed by atoms with Crippen molar-refractivity contribution in [1.82, 2.24) is 10.9 Å². The highest BCUT2D eigenvalue weighted by atomic mass is 35.5. The van der Waals surface area contributed by atoms with E-state index in [0.717, 1.165) is 12.8 Å². The fourth-order valence-electron chi connectivity index (χ4n) is 2.10. The molecule has 23 heavy (non-hydrogen) atoms. The molecule has 0 heterocycles. The molecule has 122 valence electrons. The molecule has 0 fully saturated rings. The molecule has 0 spiro atoms. The summed E-state index contributed by atoms with van der Waals surface area (Å²) >= 11 is 5.72. The maximum absolute atomic E-state index is 11.8. The Morgan fingerprint density at radius 3 is 2.52 bits per heavy atom. The molecule has 1 aromatic carbocycles. The van der Waals surface area contributed by atoms with Gasteiger partial charge in [-0.1, -0.05) is 23.8 Å². The summed E-state index contributed by atoms with van der Waals surface area (Å²) in [7, 11) is 0. The lowest BCUT2D eigenvalue weighted by atomic mass is 9.95. The highest BCUT2D eigenvalue weighted by Gasteiger charge is 2.21. The van der Waals surface area contributed by atoms with Crippen LogP contribution in [0.25, 0.3) is 0 Å². The number of benzene rings is 1. The second-order valence-electron chi connectivity index (χ2n) is 5.10. The van der Waals surface area contributed by atoms with E-state index in [9.17, 15) is 14.4 Å². The fraction of sp³-hybridized carbons (Fsp3) is 0.312. The molecule has 0 aliphatic heterocycles. The van der Waals surface area contributed by atoms with Gasteiger partial charge in [-0.3, -0.25) is 25.2 Å². The number of nitrogens with one attached hydrogen (secondary N) is 2. The number of hydrogen-bond donors (Lipinski definition) is 2. The standard InChI is InChI=1S/C16H17ClN2O4/c17-13-8-6-11(7-9-13)15(21)19-18-14(20)10-23-16(22)12-4-2-1-3-5-12/h1-2,6-9,12H,3-5,10H2,(H,18,20)(H,19,21)/t12-/m0/s1. The Labute approximate surface area is 138 Å². The summed E-state index contributed by atoms with van der Waals surface area (Å²) in [5, 5.41) is 0.509. The molecule has 0 radical (unpaired) electrons. The van der Waals surface area contributed by atoms with Crippen LogP contribution >= 0.6 is 11.6 Å². The summed E-state index contributed by atoms with van der Waals surface area (Å²) < 4.78 is 4.94. The maximum Gasteiger partial charge on any atom is 0.309 e. The van der Waals surface area contributed by atoms with Crippen molar-refractivity contribution in [2.24, 2.45) is 5.92 Å². The van der Waals surface area contributed by atoms with Crippen LogP contribution in [-0.2, 0) is 14.3 Å². The maximum atomic E-state index is 11.8. The first kappa shape index (κ1) is 17.0. The van der Waals surface area contributed by atoms with Gasteiger partial charge in [0, 0.05) is 10.6 Å². The lowest BCUT2D eigenvalue weighted by Crippen LogP contribution is -2.43. The minimum atomic E-state index is -0.605. The van der Waals surface area contributed by atoms with Gasteiger partial charge in [-0.2, -0.15) is 0 Å². The zero-order valence-corrected chi connectivity index (χ0v) is 13.1. The van der Waals surface area contributed by atoms with Gasteiger partial charge in [0.1, 0.15) is 0 Å². The lowest BCUT2D eigenvalue weighted by molar-refractivity contribution is -0.153. The average molecular weight is 337 g/mol. The summed E-state index contributed by atoms with van der Waals surface area (Å²) in [5.41, 5.74) is 4.78. The molecule has 2 amide bonds. The van der Waals surface area contributed by atoms with E-state index in [4.69, 9.17) is 16.3 Å². The zero-order chi connectivity index (χ0) is 16.7. The van der Waals surface area contributed by atoms with Gasteiger partial charge in [-0.25, -0.2) is 0 Å². The van der Waals surface area contributed by atoms with E-state index in [1.807, 2.05) is 12.2 Å². The first-order valence-electron chi connectivity index (χ1n) is 7.22. The van der Waals surface area contributed by atoms with Crippen molar-refractivity contribution in [3.8, 4) is 0 Å². The van der Waals surface area contributed by atoms with E-state index >= 15 is 0 Å². The second kappa shape index (κ2) is 8.33. The van der Waals surface area contributed by atoms with E-state index in [2.05, 4.69) is 10.9 Å². The quantitative estimate of drug-likeness (QED) is 0.500. The van der Waals surface area contributed by atoms with Crippen molar-refractivity contribution in [1.29, 1.82) is 0 Å². The van der Waals surface area contributed by atoms with Gasteiger partial charge in [0.15, 0.2) is 6.61 Å². The number of rotatable bonds is 4. The summed E-state index contributed by atoms with van der Waals surface area (Å²) in [5.74, 6) is -1.68. The van der Waals surface area contributed by atoms with Crippen LogP contribution in [0.15, 0.2) is 36.4 Å². The van der Waals surface area contributed by atoms with Gasteiger partial charge in [-0.05, 0) is 43.5 Å². The van der Waals surface area contributed by atoms with Crippen LogP contribution in [0.4, 0.5) is 0 Å². The highest BCUT2D eigenvalue weighted by molar-refractivity contribution is 6.30. The van der Waals surface area contributed by atoms with Crippen molar-refractivity contribution in [2.75, 3.05) is 6.61 Å². The molecule has 1 aromatic rings. The van der Waals surface area contributed by atoms with Gasteiger partial charge in [0.25, 0.3) is 11.8 Å². The van der Waals surface area contributed by atoms with Crippen LogP contribution < -0.4 is 10.9 Å². The van der Waals surface area contributed by atoms with Crippen molar-refractivity contribution < 1.29 is 19.1 Å². The lowest BCUT2D eigenvalue weighted by Gasteiger charge is -2.16. The molecule has 0 saturated carbocycles. The minimum absolute atomic E-state index is 0.198. The van der Waals surface area contributed by atoms with Crippen LogP contribution in [0.1, 0.15) is 29.6 Å². The van der Waals surface area contributed by atoms with E-state index < -0.39 is 24.4 Å². The van der Waals surface area contributed by atoms with E-state index in [0.29, 0.717) is 17.0 Å². The van der Waals surface area contributed by atoms with Gasteiger partial charge in [0.05, 0.1) is 5.92 Å². The third-order valence-corrected chi connectivity index (χ3v) is 3.62. The average Bonchev–Trinajstić information content (AvgIpc) is 2.59. The molecule has 2 N–H and O–H groups in total. The van der Waals surface area contributed by atoms with Crippen LogP contribution in [-0.4, -0.2) is 24.4 Å². The molecule has 1 aliphatic carbocycles. The van der Waals surface area contributed by atoms with E-state index in [1.165, 1.54) is 12.1 Å². The predicted octanol–water partition coefficient (Wildman–Crippen LogP) is 2.00. The number of allylic oxidation sites excluding steroid dienone is 2. The summed E-state index contributed by atoms with van der Waals surface area (Å²) in [6.07, 6.45) is 6.14.